The van der Waals surface area contributed by atoms with Crippen LogP contribution in [0, 0.1) is 0 Å². The fraction of sp³-hybridized carbons (Fsp3) is 0.583. The van der Waals surface area contributed by atoms with Crippen LogP contribution in [0.15, 0.2) is 12.1 Å². The van der Waals surface area contributed by atoms with Gasteiger partial charge in [-0.25, -0.2) is 4.98 Å². The van der Waals surface area contributed by atoms with Crippen LogP contribution in [0.25, 0.3) is 0 Å². The molecule has 0 saturated carbocycles. The molecule has 0 bridgehead atoms. The fourth-order valence-electron chi connectivity index (χ4n) is 1.46. The lowest BCUT2D eigenvalue weighted by Gasteiger charge is -2.17. The second-order valence-electron chi connectivity index (χ2n) is 3.66. The van der Waals surface area contributed by atoms with Crippen molar-refractivity contribution >= 4 is 35.0 Å². The Balaban J connectivity index is 2.31. The first-order valence-corrected chi connectivity index (χ1v) is 7.69. The van der Waals surface area contributed by atoms with Crippen LogP contribution in [-0.4, -0.2) is 35.3 Å². The molecule has 0 fully saturated rings. The molecule has 96 valence electrons. The van der Waals surface area contributed by atoms with Crippen LogP contribution in [0.4, 0.5) is 0 Å². The summed E-state index contributed by atoms with van der Waals surface area (Å²) in [4.78, 5) is 6.44. The van der Waals surface area contributed by atoms with Crippen molar-refractivity contribution in [1.82, 2.24) is 9.88 Å². The zero-order chi connectivity index (χ0) is 12.7. The van der Waals surface area contributed by atoms with Gasteiger partial charge in [0.15, 0.2) is 0 Å². The predicted octanol–water partition coefficient (Wildman–Crippen LogP) is 3.96. The van der Waals surface area contributed by atoms with Crippen molar-refractivity contribution in [2.45, 2.75) is 19.6 Å². The molecule has 1 heterocycles. The molecule has 0 aliphatic carbocycles. The van der Waals surface area contributed by atoms with Crippen molar-refractivity contribution < 1.29 is 0 Å². The molecule has 0 spiro atoms. The van der Waals surface area contributed by atoms with Gasteiger partial charge >= 0.3 is 0 Å². The van der Waals surface area contributed by atoms with E-state index in [-0.39, 0.29) is 0 Å². The maximum Gasteiger partial charge on any atom is 0.134 e. The summed E-state index contributed by atoms with van der Waals surface area (Å²) in [7, 11) is 0. The smallest absolute Gasteiger partial charge is 0.134 e. The van der Waals surface area contributed by atoms with Gasteiger partial charge in [-0.2, -0.15) is 11.8 Å². The molecule has 0 atom stereocenters. The summed E-state index contributed by atoms with van der Waals surface area (Å²) in [5, 5.41) is 0.972. The van der Waals surface area contributed by atoms with E-state index in [1.807, 2.05) is 17.8 Å². The highest BCUT2D eigenvalue weighted by Gasteiger charge is 2.04. The van der Waals surface area contributed by atoms with Crippen molar-refractivity contribution in [2.75, 3.05) is 25.4 Å². The van der Waals surface area contributed by atoms with E-state index < -0.39 is 0 Å². The van der Waals surface area contributed by atoms with E-state index in [0.717, 1.165) is 36.7 Å². The Morgan fingerprint density at radius 3 is 2.53 bits per heavy atom. The molecule has 5 heteroatoms. The number of pyridine rings is 1. The second kappa shape index (κ2) is 8.20. The average Bonchev–Trinajstić information content (AvgIpc) is 2.32. The van der Waals surface area contributed by atoms with Gasteiger partial charge in [0.05, 0.1) is 0 Å². The minimum Gasteiger partial charge on any atom is -0.303 e. The van der Waals surface area contributed by atoms with Crippen molar-refractivity contribution in [3.05, 3.63) is 28.0 Å². The van der Waals surface area contributed by atoms with Crippen molar-refractivity contribution in [1.29, 1.82) is 0 Å². The van der Waals surface area contributed by atoms with Crippen LogP contribution in [0.1, 0.15) is 19.4 Å². The van der Waals surface area contributed by atoms with Crippen LogP contribution >= 0.6 is 35.0 Å². The molecule has 1 rings (SSSR count). The van der Waals surface area contributed by atoms with Crippen LogP contribution in [-0.2, 0) is 5.75 Å². The number of hydrogen-bond donors (Lipinski definition) is 0. The Morgan fingerprint density at radius 2 is 1.94 bits per heavy atom. The summed E-state index contributed by atoms with van der Waals surface area (Å²) in [6, 6.07) is 3.73. The Morgan fingerprint density at radius 1 is 1.24 bits per heavy atom. The molecule has 0 aliphatic heterocycles. The highest BCUT2D eigenvalue weighted by molar-refractivity contribution is 7.98. The van der Waals surface area contributed by atoms with Crippen molar-refractivity contribution in [2.24, 2.45) is 0 Å². The SMILES string of the molecule is CCN(CC)CCSCc1ccc(Cl)nc1Cl. The van der Waals surface area contributed by atoms with Crippen LogP contribution in [0.3, 0.4) is 0 Å². The van der Waals surface area contributed by atoms with Gasteiger partial charge in [-0.3, -0.25) is 0 Å². The van der Waals surface area contributed by atoms with E-state index in [0.29, 0.717) is 10.3 Å². The first-order chi connectivity index (χ1) is 8.17. The standard InChI is InChI=1S/C12H18Cl2N2S/c1-3-16(4-2)7-8-17-9-10-5-6-11(13)15-12(10)14/h5-6H,3-4,7-9H2,1-2H3. The highest BCUT2D eigenvalue weighted by atomic mass is 35.5. The summed E-state index contributed by atoms with van der Waals surface area (Å²) in [5.74, 6) is 2.00. The van der Waals surface area contributed by atoms with Gasteiger partial charge in [-0.15, -0.1) is 0 Å². The van der Waals surface area contributed by atoms with Gasteiger partial charge in [0.2, 0.25) is 0 Å². The van der Waals surface area contributed by atoms with Gasteiger partial charge in [-0.05, 0) is 24.7 Å². The minimum atomic E-state index is 0.451. The van der Waals surface area contributed by atoms with Gasteiger partial charge in [0.25, 0.3) is 0 Å². The molecular weight excluding hydrogens is 275 g/mol. The molecule has 0 unspecified atom stereocenters. The second-order valence-corrected chi connectivity index (χ2v) is 5.51. The predicted molar refractivity (Wildman–Crippen MR) is 78.2 cm³/mol. The lowest BCUT2D eigenvalue weighted by Crippen LogP contribution is -2.25. The molecule has 2 nitrogen and oxygen atoms in total. The van der Waals surface area contributed by atoms with Crippen molar-refractivity contribution in [3.63, 3.8) is 0 Å². The molecular formula is C12H18Cl2N2S. The van der Waals surface area contributed by atoms with Crippen LogP contribution < -0.4 is 0 Å². The first kappa shape index (κ1) is 15.1. The topological polar surface area (TPSA) is 16.1 Å². The Hall–Kier alpha value is 0.0400. The third-order valence-electron chi connectivity index (χ3n) is 2.60. The van der Waals surface area contributed by atoms with E-state index in [9.17, 15) is 0 Å². The quantitative estimate of drug-likeness (QED) is 0.559. The number of thioether (sulfide) groups is 1. The summed E-state index contributed by atoms with van der Waals surface area (Å²) < 4.78 is 0. The number of halogens is 2. The van der Waals surface area contributed by atoms with E-state index in [1.165, 1.54) is 0 Å². The highest BCUT2D eigenvalue weighted by Crippen LogP contribution is 2.21. The zero-order valence-corrected chi connectivity index (χ0v) is 12.6. The van der Waals surface area contributed by atoms with Gasteiger partial charge in [0.1, 0.15) is 10.3 Å². The monoisotopic (exact) mass is 292 g/mol. The maximum absolute atomic E-state index is 6.01. The number of nitrogens with zero attached hydrogens (tertiary/aromatic N) is 2. The Bertz CT molecular complexity index is 343. The molecule has 1 aromatic rings. The third-order valence-corrected chi connectivity index (χ3v) is 4.12. The summed E-state index contributed by atoms with van der Waals surface area (Å²) >= 11 is 13.6. The van der Waals surface area contributed by atoms with Crippen molar-refractivity contribution in [3.8, 4) is 0 Å². The van der Waals surface area contributed by atoms with Crippen LogP contribution in [0.2, 0.25) is 10.3 Å². The molecule has 0 amide bonds. The summed E-state index contributed by atoms with van der Waals surface area (Å²) in [6.45, 7) is 7.72. The van der Waals surface area contributed by atoms with Gasteiger partial charge in [-0.1, -0.05) is 43.1 Å². The molecule has 17 heavy (non-hydrogen) atoms. The van der Waals surface area contributed by atoms with E-state index in [4.69, 9.17) is 23.2 Å². The molecule has 0 radical (unpaired) electrons. The Labute approximate surface area is 118 Å². The summed E-state index contributed by atoms with van der Waals surface area (Å²) in [6.07, 6.45) is 0. The summed E-state index contributed by atoms with van der Waals surface area (Å²) in [5.41, 5.74) is 1.06. The third kappa shape index (κ3) is 5.47. The molecule has 0 aliphatic rings. The maximum atomic E-state index is 6.01. The van der Waals surface area contributed by atoms with E-state index in [1.54, 1.807) is 6.07 Å². The van der Waals surface area contributed by atoms with E-state index >= 15 is 0 Å². The lowest BCUT2D eigenvalue weighted by molar-refractivity contribution is 0.324. The van der Waals surface area contributed by atoms with Crippen LogP contribution in [0.5, 0.6) is 0 Å². The first-order valence-electron chi connectivity index (χ1n) is 5.78. The molecule has 0 aromatic carbocycles. The molecule has 1 aromatic heterocycles. The Kier molecular flexibility index (Phi) is 7.28. The fourth-order valence-corrected chi connectivity index (χ4v) is 2.94. The normalized spacial score (nSPS) is 11.1. The number of hydrogen-bond acceptors (Lipinski definition) is 3. The molecule has 0 saturated heterocycles. The average molecular weight is 293 g/mol. The van der Waals surface area contributed by atoms with Gasteiger partial charge in [0, 0.05) is 18.1 Å². The minimum absolute atomic E-state index is 0.451. The van der Waals surface area contributed by atoms with Gasteiger partial charge < -0.3 is 4.90 Å². The lowest BCUT2D eigenvalue weighted by atomic mass is 10.3. The molecule has 0 N–H and O–H groups in total. The zero-order valence-electron chi connectivity index (χ0n) is 10.2. The van der Waals surface area contributed by atoms with E-state index in [2.05, 4.69) is 23.7 Å². The largest absolute Gasteiger partial charge is 0.303 e. The number of aromatic nitrogens is 1. The number of rotatable bonds is 7.